The van der Waals surface area contributed by atoms with Gasteiger partial charge in [0, 0.05) is 36.9 Å². The van der Waals surface area contributed by atoms with Crippen molar-refractivity contribution in [3.8, 4) is 0 Å². The Kier molecular flexibility index (Phi) is 5.26. The zero-order valence-corrected chi connectivity index (χ0v) is 16.5. The van der Waals surface area contributed by atoms with Gasteiger partial charge in [-0.3, -0.25) is 4.90 Å². The van der Waals surface area contributed by atoms with Crippen LogP contribution in [-0.2, 0) is 10.0 Å². The van der Waals surface area contributed by atoms with Crippen molar-refractivity contribution >= 4 is 15.7 Å². The maximum atomic E-state index is 11.4. The summed E-state index contributed by atoms with van der Waals surface area (Å²) >= 11 is 0. The van der Waals surface area contributed by atoms with Crippen LogP contribution in [0.2, 0.25) is 0 Å². The fraction of sp³-hybridized carbons (Fsp3) is 0.700. The molecule has 0 radical (unpaired) electrons. The van der Waals surface area contributed by atoms with Crippen LogP contribution in [0.5, 0.6) is 0 Å². The molecule has 4 rings (SSSR count). The van der Waals surface area contributed by atoms with E-state index in [1.807, 2.05) is 0 Å². The van der Waals surface area contributed by atoms with Crippen molar-refractivity contribution in [3.05, 3.63) is 29.8 Å². The van der Waals surface area contributed by atoms with Gasteiger partial charge in [0.25, 0.3) is 0 Å². The molecule has 0 bridgehead atoms. The number of rotatable bonds is 4. The molecule has 2 atom stereocenters. The summed E-state index contributed by atoms with van der Waals surface area (Å²) in [5.41, 5.74) is 2.73. The Balaban J connectivity index is 1.36. The van der Waals surface area contributed by atoms with Crippen molar-refractivity contribution < 1.29 is 8.42 Å². The molecule has 26 heavy (non-hydrogen) atoms. The molecule has 0 unspecified atom stereocenters. The molecule has 1 aromatic rings. The molecule has 0 aliphatic carbocycles. The fourth-order valence-electron chi connectivity index (χ4n) is 5.08. The highest BCUT2D eigenvalue weighted by molar-refractivity contribution is 7.88. The minimum atomic E-state index is -3.10. The lowest BCUT2D eigenvalue weighted by atomic mass is 10.0. The molecule has 5 nitrogen and oxygen atoms in total. The largest absolute Gasteiger partial charge is 0.371 e. The van der Waals surface area contributed by atoms with E-state index in [1.54, 1.807) is 0 Å². The number of hydrogen-bond donors (Lipinski definition) is 1. The molecule has 1 N–H and O–H groups in total. The lowest BCUT2D eigenvalue weighted by Gasteiger charge is -2.35. The van der Waals surface area contributed by atoms with Crippen LogP contribution in [0, 0.1) is 0 Å². The summed E-state index contributed by atoms with van der Waals surface area (Å²) in [7, 11) is -3.10. The van der Waals surface area contributed by atoms with E-state index in [2.05, 4.69) is 38.8 Å². The normalized spacial score (nSPS) is 28.3. The lowest BCUT2D eigenvalue weighted by Crippen LogP contribution is -2.44. The molecule has 3 aliphatic heterocycles. The second-order valence-corrected chi connectivity index (χ2v) is 10.0. The summed E-state index contributed by atoms with van der Waals surface area (Å²) in [6.07, 6.45) is 9.76. The van der Waals surface area contributed by atoms with Crippen molar-refractivity contribution in [2.24, 2.45) is 0 Å². The first-order valence-electron chi connectivity index (χ1n) is 10.1. The van der Waals surface area contributed by atoms with E-state index in [4.69, 9.17) is 0 Å². The molecule has 3 heterocycles. The van der Waals surface area contributed by atoms with Crippen molar-refractivity contribution in [2.45, 2.75) is 63.1 Å². The van der Waals surface area contributed by atoms with Gasteiger partial charge < -0.3 is 4.90 Å². The summed E-state index contributed by atoms with van der Waals surface area (Å²) in [4.78, 5) is 5.11. The molecule has 0 spiro atoms. The molecule has 6 heteroatoms. The van der Waals surface area contributed by atoms with E-state index in [0.717, 1.165) is 32.0 Å². The van der Waals surface area contributed by atoms with Crippen molar-refractivity contribution in [1.82, 2.24) is 9.62 Å². The zero-order valence-electron chi connectivity index (χ0n) is 15.7. The first kappa shape index (κ1) is 18.3. The minimum Gasteiger partial charge on any atom is -0.371 e. The highest BCUT2D eigenvalue weighted by Crippen LogP contribution is 2.40. The minimum absolute atomic E-state index is 0.0787. The van der Waals surface area contributed by atoms with E-state index >= 15 is 0 Å². The van der Waals surface area contributed by atoms with Gasteiger partial charge in [0.15, 0.2) is 0 Å². The molecule has 144 valence electrons. The Bertz CT molecular complexity index is 711. The molecular formula is C20H31N3O2S. The number of piperidine rings is 2. The summed E-state index contributed by atoms with van der Waals surface area (Å²) in [5, 5.41) is 0. The van der Waals surface area contributed by atoms with Gasteiger partial charge in [-0.15, -0.1) is 0 Å². The number of anilines is 1. The highest BCUT2D eigenvalue weighted by atomic mass is 32.2. The molecule has 0 amide bonds. The third-order valence-electron chi connectivity index (χ3n) is 6.37. The average molecular weight is 378 g/mol. The maximum absolute atomic E-state index is 11.4. The third-order valence-corrected chi connectivity index (χ3v) is 7.13. The van der Waals surface area contributed by atoms with E-state index < -0.39 is 10.0 Å². The number of nitrogens with one attached hydrogen (secondary N) is 1. The van der Waals surface area contributed by atoms with Crippen LogP contribution in [0.15, 0.2) is 24.3 Å². The van der Waals surface area contributed by atoms with Gasteiger partial charge in [-0.05, 0) is 62.8 Å². The van der Waals surface area contributed by atoms with Crippen LogP contribution in [0.25, 0.3) is 0 Å². The Hall–Kier alpha value is -1.11. The molecule has 0 aromatic heterocycles. The van der Waals surface area contributed by atoms with E-state index in [1.165, 1.54) is 56.2 Å². The summed E-state index contributed by atoms with van der Waals surface area (Å²) in [6, 6.07) is 10.7. The average Bonchev–Trinajstić information content (AvgIpc) is 3.05. The number of sulfonamides is 1. The molecule has 3 saturated heterocycles. The van der Waals surface area contributed by atoms with E-state index in [-0.39, 0.29) is 6.04 Å². The molecule has 0 saturated carbocycles. The lowest BCUT2D eigenvalue weighted by molar-refractivity contribution is 0.150. The zero-order chi connectivity index (χ0) is 18.1. The Morgan fingerprint density at radius 3 is 2.35 bits per heavy atom. The van der Waals surface area contributed by atoms with Gasteiger partial charge in [0.2, 0.25) is 10.0 Å². The molecule has 3 fully saturated rings. The quantitative estimate of drug-likeness (QED) is 0.877. The van der Waals surface area contributed by atoms with Gasteiger partial charge in [-0.25, -0.2) is 13.1 Å². The van der Waals surface area contributed by atoms with Crippen LogP contribution in [0.4, 0.5) is 5.69 Å². The summed E-state index contributed by atoms with van der Waals surface area (Å²) < 4.78 is 25.5. The predicted molar refractivity (Wildman–Crippen MR) is 106 cm³/mol. The van der Waals surface area contributed by atoms with Gasteiger partial charge in [0.1, 0.15) is 0 Å². The fourth-order valence-corrected chi connectivity index (χ4v) is 5.92. The highest BCUT2D eigenvalue weighted by Gasteiger charge is 2.35. The van der Waals surface area contributed by atoms with Gasteiger partial charge in [-0.1, -0.05) is 18.6 Å². The van der Waals surface area contributed by atoms with Gasteiger partial charge >= 0.3 is 0 Å². The van der Waals surface area contributed by atoms with Gasteiger partial charge in [-0.2, -0.15) is 0 Å². The molecule has 1 aromatic carbocycles. The number of nitrogens with zero attached hydrogens (tertiary/aromatic N) is 2. The van der Waals surface area contributed by atoms with Crippen LogP contribution in [0.3, 0.4) is 0 Å². The number of benzene rings is 1. The first-order chi connectivity index (χ1) is 12.5. The SMILES string of the molecule is CS(=O)(=O)NC1CCN(c2ccc([C@H]3CC[C@H]4CCCCN43)cc2)CC1. The van der Waals surface area contributed by atoms with Crippen LogP contribution < -0.4 is 9.62 Å². The van der Waals surface area contributed by atoms with Crippen molar-refractivity contribution in [1.29, 1.82) is 0 Å². The van der Waals surface area contributed by atoms with Crippen molar-refractivity contribution in [2.75, 3.05) is 30.8 Å². The van der Waals surface area contributed by atoms with Gasteiger partial charge in [0.05, 0.1) is 6.26 Å². The molecular weight excluding hydrogens is 346 g/mol. The van der Waals surface area contributed by atoms with E-state index in [9.17, 15) is 8.42 Å². The Morgan fingerprint density at radius 2 is 1.65 bits per heavy atom. The van der Waals surface area contributed by atoms with Crippen molar-refractivity contribution in [3.63, 3.8) is 0 Å². The van der Waals surface area contributed by atoms with E-state index in [0.29, 0.717) is 6.04 Å². The Morgan fingerprint density at radius 1 is 0.923 bits per heavy atom. The third kappa shape index (κ3) is 4.07. The van der Waals surface area contributed by atoms with Crippen LogP contribution in [0.1, 0.15) is 56.6 Å². The second-order valence-electron chi connectivity index (χ2n) is 8.22. The Labute approximate surface area is 157 Å². The smallest absolute Gasteiger partial charge is 0.208 e. The predicted octanol–water partition coefficient (Wildman–Crippen LogP) is 2.89. The van der Waals surface area contributed by atoms with Crippen LogP contribution in [-0.4, -0.2) is 51.3 Å². The topological polar surface area (TPSA) is 52.7 Å². The summed E-state index contributed by atoms with van der Waals surface area (Å²) in [5.74, 6) is 0. The van der Waals surface area contributed by atoms with Crippen LogP contribution >= 0.6 is 0 Å². The molecule has 3 aliphatic rings. The maximum Gasteiger partial charge on any atom is 0.208 e. The number of hydrogen-bond acceptors (Lipinski definition) is 4. The monoisotopic (exact) mass is 377 g/mol. The second kappa shape index (κ2) is 7.49. The first-order valence-corrected chi connectivity index (χ1v) is 12.0. The number of fused-ring (bicyclic) bond motifs is 1. The standard InChI is InChI=1S/C20H31N3O2S/c1-26(24,25)21-17-11-14-22(15-12-17)18-7-5-16(6-8-18)20-10-9-19-4-2-3-13-23(19)20/h5-8,17,19-21H,2-4,9-15H2,1H3/t19-,20-/m1/s1. The summed E-state index contributed by atoms with van der Waals surface area (Å²) in [6.45, 7) is 3.08.